The number of hydrogen-bond donors (Lipinski definition) is 0. The monoisotopic (exact) mass is 329 g/mol. The fourth-order valence-corrected chi connectivity index (χ4v) is 5.38. The number of hydrogen-bond acceptors (Lipinski definition) is 3. The Morgan fingerprint density at radius 1 is 1.40 bits per heavy atom. The Morgan fingerprint density at radius 2 is 2.10 bits per heavy atom. The van der Waals surface area contributed by atoms with Crippen molar-refractivity contribution in [3.63, 3.8) is 0 Å². The van der Waals surface area contributed by atoms with Crippen LogP contribution in [0.25, 0.3) is 0 Å². The van der Waals surface area contributed by atoms with Crippen molar-refractivity contribution >= 4 is 46.7 Å². The fraction of sp³-hybridized carbons (Fsp3) is 0.533. The van der Waals surface area contributed by atoms with Gasteiger partial charge in [0, 0.05) is 23.7 Å². The predicted octanol–water partition coefficient (Wildman–Crippen LogP) is 3.94. The molecule has 0 atom stereocenters. The van der Waals surface area contributed by atoms with E-state index in [-0.39, 0.29) is 11.8 Å². The highest BCUT2D eigenvalue weighted by molar-refractivity contribution is 8.20. The van der Waals surface area contributed by atoms with E-state index in [0.717, 1.165) is 18.7 Å². The molecule has 0 aromatic heterocycles. The predicted molar refractivity (Wildman–Crippen MR) is 92.3 cm³/mol. The summed E-state index contributed by atoms with van der Waals surface area (Å²) in [6.45, 7) is 4.98. The Morgan fingerprint density at radius 3 is 2.70 bits per heavy atom. The van der Waals surface area contributed by atoms with Crippen LogP contribution in [0, 0.1) is 6.92 Å². The molecule has 1 aromatic carbocycles. The largest absolute Gasteiger partial charge is 0.309 e. The lowest BCUT2D eigenvalue weighted by atomic mass is 10.0. The molecule has 1 aromatic rings. The van der Waals surface area contributed by atoms with Crippen LogP contribution < -0.4 is 4.90 Å². The van der Waals surface area contributed by atoms with Gasteiger partial charge >= 0.3 is 0 Å². The average molecular weight is 330 g/mol. The van der Waals surface area contributed by atoms with Gasteiger partial charge in [-0.25, -0.2) is 0 Å². The van der Waals surface area contributed by atoms with Crippen LogP contribution in [0.4, 0.5) is 5.69 Å². The van der Waals surface area contributed by atoms with E-state index < -0.39 is 0 Å². The van der Waals surface area contributed by atoms with Crippen molar-refractivity contribution in [3.05, 3.63) is 29.3 Å². The van der Waals surface area contributed by atoms with E-state index >= 15 is 0 Å². The molecule has 1 heterocycles. The summed E-state index contributed by atoms with van der Waals surface area (Å²) in [5.41, 5.74) is 3.52. The minimum atomic E-state index is 0.0000617. The first kappa shape index (κ1) is 16.1. The Kier molecular flexibility index (Phi) is 6.12. The van der Waals surface area contributed by atoms with E-state index in [1.54, 1.807) is 0 Å². The van der Waals surface area contributed by atoms with Gasteiger partial charge in [0.1, 0.15) is 5.88 Å². The minimum absolute atomic E-state index is 0.0000617. The van der Waals surface area contributed by atoms with E-state index in [1.807, 2.05) is 40.6 Å². The van der Waals surface area contributed by atoms with Crippen LogP contribution in [0.2, 0.25) is 0 Å². The molecule has 0 N–H and O–H groups in total. The summed E-state index contributed by atoms with van der Waals surface area (Å²) in [7, 11) is 0. The van der Waals surface area contributed by atoms with Crippen molar-refractivity contribution in [1.82, 2.24) is 0 Å². The summed E-state index contributed by atoms with van der Waals surface area (Å²) in [6.07, 6.45) is 0.930. The highest BCUT2D eigenvalue weighted by Gasteiger charge is 2.25. The lowest BCUT2D eigenvalue weighted by Crippen LogP contribution is -2.37. The Balaban J connectivity index is 2.30. The second kappa shape index (κ2) is 7.62. The first-order valence-corrected chi connectivity index (χ1v) is 9.48. The van der Waals surface area contributed by atoms with Gasteiger partial charge in [0.25, 0.3) is 0 Å². The number of benzene rings is 1. The van der Waals surface area contributed by atoms with Crippen molar-refractivity contribution in [2.24, 2.45) is 0 Å². The van der Waals surface area contributed by atoms with Crippen LogP contribution in [0.3, 0.4) is 0 Å². The zero-order valence-electron chi connectivity index (χ0n) is 11.9. The summed E-state index contributed by atoms with van der Waals surface area (Å²) in [4.78, 5) is 14.1. The third-order valence-electron chi connectivity index (χ3n) is 3.47. The molecular formula is C15H20ClNOS2. The highest BCUT2D eigenvalue weighted by atomic mass is 35.5. The molecule has 0 saturated carbocycles. The minimum Gasteiger partial charge on any atom is -0.309 e. The molecule has 1 aliphatic heterocycles. The summed E-state index contributed by atoms with van der Waals surface area (Å²) < 4.78 is 0.465. The summed E-state index contributed by atoms with van der Waals surface area (Å²) in [5.74, 6) is 2.39. The van der Waals surface area contributed by atoms with Gasteiger partial charge in [0.15, 0.2) is 0 Å². The van der Waals surface area contributed by atoms with Crippen LogP contribution in [0.1, 0.15) is 18.1 Å². The van der Waals surface area contributed by atoms with Crippen LogP contribution >= 0.6 is 35.1 Å². The normalized spacial score (nSPS) is 15.6. The number of anilines is 1. The zero-order chi connectivity index (χ0) is 14.5. The number of aryl methyl sites for hydroxylation is 1. The van der Waals surface area contributed by atoms with Crippen molar-refractivity contribution in [1.29, 1.82) is 0 Å². The average Bonchev–Trinajstić information content (AvgIpc) is 2.96. The Labute approximate surface area is 134 Å². The number of nitrogens with zero attached hydrogens (tertiary/aromatic N) is 1. The number of rotatable bonds is 5. The lowest BCUT2D eigenvalue weighted by molar-refractivity contribution is -0.116. The van der Waals surface area contributed by atoms with Crippen molar-refractivity contribution < 1.29 is 4.79 Å². The molecule has 1 fully saturated rings. The fourth-order valence-electron chi connectivity index (χ4n) is 2.47. The molecule has 1 amide bonds. The zero-order valence-corrected chi connectivity index (χ0v) is 14.3. The smallest absolute Gasteiger partial charge is 0.241 e. The van der Waals surface area contributed by atoms with Gasteiger partial charge in [0.2, 0.25) is 5.91 Å². The molecule has 0 unspecified atom stereocenters. The quantitative estimate of drug-likeness (QED) is 0.763. The third kappa shape index (κ3) is 3.66. The molecule has 1 saturated heterocycles. The summed E-state index contributed by atoms with van der Waals surface area (Å²) in [5, 5.41) is 0. The molecule has 5 heteroatoms. The van der Waals surface area contributed by atoms with E-state index in [4.69, 9.17) is 11.6 Å². The first-order chi connectivity index (χ1) is 9.67. The van der Waals surface area contributed by atoms with E-state index in [9.17, 15) is 4.79 Å². The number of halogens is 1. The van der Waals surface area contributed by atoms with E-state index in [0.29, 0.717) is 4.58 Å². The first-order valence-electron chi connectivity index (χ1n) is 6.85. The molecule has 2 rings (SSSR count). The highest BCUT2D eigenvalue weighted by Crippen LogP contribution is 2.34. The van der Waals surface area contributed by atoms with Gasteiger partial charge < -0.3 is 4.90 Å². The Hall–Kier alpha value is -0.320. The molecule has 0 spiro atoms. The topological polar surface area (TPSA) is 20.3 Å². The van der Waals surface area contributed by atoms with Crippen molar-refractivity contribution in [3.8, 4) is 0 Å². The lowest BCUT2D eigenvalue weighted by Gasteiger charge is -2.27. The molecule has 0 radical (unpaired) electrons. The third-order valence-corrected chi connectivity index (χ3v) is 6.69. The Bertz CT molecular complexity index is 475. The molecule has 2 nitrogen and oxygen atoms in total. The summed E-state index contributed by atoms with van der Waals surface area (Å²) >= 11 is 9.69. The maximum absolute atomic E-state index is 12.3. The van der Waals surface area contributed by atoms with E-state index in [2.05, 4.69) is 19.9 Å². The van der Waals surface area contributed by atoms with Crippen LogP contribution in [0.5, 0.6) is 0 Å². The van der Waals surface area contributed by atoms with Crippen LogP contribution in [-0.4, -0.2) is 34.4 Å². The van der Waals surface area contributed by atoms with Gasteiger partial charge in [-0.15, -0.1) is 35.1 Å². The maximum atomic E-state index is 12.3. The van der Waals surface area contributed by atoms with Gasteiger partial charge in [-0.05, 0) is 30.5 Å². The number of alkyl halides is 1. The number of carbonyl (C=O) groups excluding carboxylic acids is 1. The molecule has 0 bridgehead atoms. The SMILES string of the molecule is CCc1c(C)cccc1N(CC1SCCS1)C(=O)CCl. The number of amides is 1. The summed E-state index contributed by atoms with van der Waals surface area (Å²) in [6, 6.07) is 6.17. The second-order valence-corrected chi connectivity index (χ2v) is 7.92. The van der Waals surface area contributed by atoms with Gasteiger partial charge in [-0.3, -0.25) is 4.79 Å². The van der Waals surface area contributed by atoms with Gasteiger partial charge in [-0.1, -0.05) is 19.1 Å². The van der Waals surface area contributed by atoms with Crippen molar-refractivity contribution in [2.45, 2.75) is 24.9 Å². The van der Waals surface area contributed by atoms with Gasteiger partial charge in [0.05, 0.1) is 4.58 Å². The second-order valence-electron chi connectivity index (χ2n) is 4.74. The molecule has 0 aliphatic carbocycles. The van der Waals surface area contributed by atoms with Crippen LogP contribution in [0.15, 0.2) is 18.2 Å². The molecule has 1 aliphatic rings. The van der Waals surface area contributed by atoms with Crippen LogP contribution in [-0.2, 0) is 11.2 Å². The van der Waals surface area contributed by atoms with Crippen molar-refractivity contribution in [2.75, 3.05) is 28.8 Å². The van der Waals surface area contributed by atoms with Gasteiger partial charge in [-0.2, -0.15) is 0 Å². The number of carbonyl (C=O) groups is 1. The number of thioether (sulfide) groups is 2. The standard InChI is InChI=1S/C15H20ClNOS2/c1-3-12-11(2)5-4-6-13(12)17(14(18)9-16)10-15-19-7-8-20-15/h4-6,15H,3,7-10H2,1-2H3. The molecular weight excluding hydrogens is 310 g/mol. The molecule has 110 valence electrons. The maximum Gasteiger partial charge on any atom is 0.241 e. The van der Waals surface area contributed by atoms with E-state index in [1.165, 1.54) is 22.6 Å². The molecule has 20 heavy (non-hydrogen) atoms.